The Bertz CT molecular complexity index is 441. The highest BCUT2D eigenvalue weighted by Gasteiger charge is 2.35. The van der Waals surface area contributed by atoms with Gasteiger partial charge in [0.2, 0.25) is 5.88 Å². The molecule has 1 aromatic heterocycles. The van der Waals surface area contributed by atoms with E-state index in [9.17, 15) is 0 Å². The van der Waals surface area contributed by atoms with E-state index in [4.69, 9.17) is 4.74 Å². The first-order chi connectivity index (χ1) is 9.76. The molecule has 1 N–H and O–H groups in total. The Morgan fingerprint density at radius 1 is 1.30 bits per heavy atom. The molecule has 2 saturated heterocycles. The molecule has 0 aromatic carbocycles. The van der Waals surface area contributed by atoms with E-state index in [0.717, 1.165) is 12.2 Å². The van der Waals surface area contributed by atoms with E-state index >= 15 is 0 Å². The zero-order valence-electron chi connectivity index (χ0n) is 12.4. The van der Waals surface area contributed by atoms with Crippen molar-refractivity contribution in [1.82, 2.24) is 15.3 Å². The number of ether oxygens (including phenoxy) is 1. The van der Waals surface area contributed by atoms with Gasteiger partial charge in [0.25, 0.3) is 0 Å². The minimum Gasteiger partial charge on any atom is -0.477 e. The van der Waals surface area contributed by atoms with Gasteiger partial charge >= 0.3 is 0 Å². The molecule has 2 aliphatic rings. The van der Waals surface area contributed by atoms with Crippen molar-refractivity contribution in [2.45, 2.75) is 57.2 Å². The van der Waals surface area contributed by atoms with Crippen molar-refractivity contribution in [3.63, 3.8) is 0 Å². The lowest BCUT2D eigenvalue weighted by Gasteiger charge is -2.36. The molecule has 5 heteroatoms. The molecule has 20 heavy (non-hydrogen) atoms. The highest BCUT2D eigenvalue weighted by molar-refractivity contribution is 5.38. The predicted molar refractivity (Wildman–Crippen MR) is 79.2 cm³/mol. The summed E-state index contributed by atoms with van der Waals surface area (Å²) >= 11 is 0. The summed E-state index contributed by atoms with van der Waals surface area (Å²) in [6, 6.07) is 1.94. The van der Waals surface area contributed by atoms with Crippen LogP contribution in [0.1, 0.15) is 39.0 Å². The summed E-state index contributed by atoms with van der Waals surface area (Å²) < 4.78 is 5.58. The van der Waals surface area contributed by atoms with E-state index in [1.807, 2.05) is 6.20 Å². The fourth-order valence-corrected chi connectivity index (χ4v) is 3.31. The third-order valence-corrected chi connectivity index (χ3v) is 4.41. The molecule has 3 heterocycles. The maximum Gasteiger partial charge on any atom is 0.234 e. The van der Waals surface area contributed by atoms with Crippen molar-refractivity contribution in [2.24, 2.45) is 0 Å². The monoisotopic (exact) mass is 276 g/mol. The Morgan fingerprint density at radius 3 is 2.75 bits per heavy atom. The Labute approximate surface area is 120 Å². The van der Waals surface area contributed by atoms with Gasteiger partial charge in [-0.1, -0.05) is 6.92 Å². The molecule has 1 aromatic rings. The number of anilines is 1. The van der Waals surface area contributed by atoms with Crippen molar-refractivity contribution in [3.05, 3.63) is 12.4 Å². The highest BCUT2D eigenvalue weighted by atomic mass is 16.5. The molecule has 2 fully saturated rings. The van der Waals surface area contributed by atoms with Crippen LogP contribution in [0.2, 0.25) is 0 Å². The van der Waals surface area contributed by atoms with Crippen LogP contribution in [0.25, 0.3) is 0 Å². The van der Waals surface area contributed by atoms with Crippen LogP contribution in [0.4, 0.5) is 5.82 Å². The minimum absolute atomic E-state index is 0.560. The molecule has 0 saturated carbocycles. The van der Waals surface area contributed by atoms with Crippen LogP contribution in [0, 0.1) is 0 Å². The number of nitrogens with zero attached hydrogens (tertiary/aromatic N) is 3. The first kappa shape index (κ1) is 13.6. The summed E-state index contributed by atoms with van der Waals surface area (Å²) in [5, 5.41) is 3.68. The van der Waals surface area contributed by atoms with Crippen LogP contribution in [-0.2, 0) is 0 Å². The third-order valence-electron chi connectivity index (χ3n) is 4.41. The van der Waals surface area contributed by atoms with E-state index in [1.165, 1.54) is 25.7 Å². The van der Waals surface area contributed by atoms with Gasteiger partial charge in [0.1, 0.15) is 0 Å². The average molecular weight is 276 g/mol. The molecular weight excluding hydrogens is 252 g/mol. The largest absolute Gasteiger partial charge is 0.477 e. The van der Waals surface area contributed by atoms with Gasteiger partial charge in [-0.3, -0.25) is 4.98 Å². The second kappa shape index (κ2) is 5.95. The highest BCUT2D eigenvalue weighted by Crippen LogP contribution is 2.31. The first-order valence-corrected chi connectivity index (χ1v) is 7.70. The van der Waals surface area contributed by atoms with Crippen LogP contribution >= 0.6 is 0 Å². The SMILES string of the molecule is CCCOc1cncc(N(C)C2CC3CCC(C2)N3)n1. The fourth-order valence-electron chi connectivity index (χ4n) is 3.31. The van der Waals surface area contributed by atoms with E-state index < -0.39 is 0 Å². The molecule has 3 rings (SSSR count). The summed E-state index contributed by atoms with van der Waals surface area (Å²) in [4.78, 5) is 11.1. The summed E-state index contributed by atoms with van der Waals surface area (Å²) in [5.41, 5.74) is 0. The van der Waals surface area contributed by atoms with Gasteiger partial charge in [-0.15, -0.1) is 0 Å². The molecule has 2 atom stereocenters. The van der Waals surface area contributed by atoms with Crippen LogP contribution in [0.15, 0.2) is 12.4 Å². The summed E-state index contributed by atoms with van der Waals surface area (Å²) in [7, 11) is 2.13. The van der Waals surface area contributed by atoms with Gasteiger partial charge in [0.15, 0.2) is 5.82 Å². The van der Waals surface area contributed by atoms with Crippen LogP contribution in [-0.4, -0.2) is 41.7 Å². The van der Waals surface area contributed by atoms with Crippen LogP contribution < -0.4 is 15.0 Å². The smallest absolute Gasteiger partial charge is 0.234 e. The molecule has 5 nitrogen and oxygen atoms in total. The molecule has 110 valence electrons. The number of hydrogen-bond acceptors (Lipinski definition) is 5. The second-order valence-corrected chi connectivity index (χ2v) is 5.94. The molecule has 2 bridgehead atoms. The number of piperidine rings is 1. The molecule has 0 radical (unpaired) electrons. The number of fused-ring (bicyclic) bond motifs is 2. The maximum atomic E-state index is 5.58. The standard InChI is InChI=1S/C15H24N4O/c1-3-6-20-15-10-16-9-14(18-15)19(2)13-7-11-4-5-12(8-13)17-11/h9-13,17H,3-8H2,1-2H3. The Hall–Kier alpha value is -1.36. The second-order valence-electron chi connectivity index (χ2n) is 5.94. The molecule has 2 unspecified atom stereocenters. The fraction of sp³-hybridized carbons (Fsp3) is 0.733. The third kappa shape index (κ3) is 2.87. The Balaban J connectivity index is 1.68. The lowest BCUT2D eigenvalue weighted by molar-refractivity contribution is 0.303. The van der Waals surface area contributed by atoms with Gasteiger partial charge in [0.05, 0.1) is 19.0 Å². The summed E-state index contributed by atoms with van der Waals surface area (Å²) in [5.74, 6) is 1.55. The lowest BCUT2D eigenvalue weighted by Crippen LogP contribution is -2.47. The summed E-state index contributed by atoms with van der Waals surface area (Å²) in [6.45, 7) is 2.79. The van der Waals surface area contributed by atoms with Crippen molar-refractivity contribution >= 4 is 5.82 Å². The Kier molecular flexibility index (Phi) is 4.05. The van der Waals surface area contributed by atoms with Gasteiger partial charge in [0, 0.05) is 25.2 Å². The molecular formula is C15H24N4O. The van der Waals surface area contributed by atoms with Crippen molar-refractivity contribution in [2.75, 3.05) is 18.6 Å². The lowest BCUT2D eigenvalue weighted by atomic mass is 9.99. The van der Waals surface area contributed by atoms with E-state index in [-0.39, 0.29) is 0 Å². The molecule has 0 aliphatic carbocycles. The number of rotatable bonds is 5. The molecule has 0 spiro atoms. The Morgan fingerprint density at radius 2 is 2.05 bits per heavy atom. The number of nitrogens with one attached hydrogen (secondary N) is 1. The van der Waals surface area contributed by atoms with Gasteiger partial charge < -0.3 is 15.0 Å². The van der Waals surface area contributed by atoms with Gasteiger partial charge in [-0.25, -0.2) is 0 Å². The average Bonchev–Trinajstić information content (AvgIpc) is 2.83. The first-order valence-electron chi connectivity index (χ1n) is 7.70. The normalized spacial score (nSPS) is 28.4. The van der Waals surface area contributed by atoms with Gasteiger partial charge in [-0.05, 0) is 32.1 Å². The maximum absolute atomic E-state index is 5.58. The number of aromatic nitrogens is 2. The van der Waals surface area contributed by atoms with E-state index in [0.29, 0.717) is 30.6 Å². The summed E-state index contributed by atoms with van der Waals surface area (Å²) in [6.07, 6.45) is 9.56. The van der Waals surface area contributed by atoms with E-state index in [2.05, 4.69) is 34.2 Å². The number of hydrogen-bond donors (Lipinski definition) is 1. The quantitative estimate of drug-likeness (QED) is 0.891. The van der Waals surface area contributed by atoms with Gasteiger partial charge in [-0.2, -0.15) is 4.98 Å². The van der Waals surface area contributed by atoms with Crippen LogP contribution in [0.5, 0.6) is 5.88 Å². The van der Waals surface area contributed by atoms with Crippen LogP contribution in [0.3, 0.4) is 0 Å². The van der Waals surface area contributed by atoms with Crippen molar-refractivity contribution in [1.29, 1.82) is 0 Å². The topological polar surface area (TPSA) is 50.3 Å². The molecule has 2 aliphatic heterocycles. The van der Waals surface area contributed by atoms with Crippen molar-refractivity contribution in [3.8, 4) is 5.88 Å². The molecule has 0 amide bonds. The zero-order chi connectivity index (χ0) is 13.9. The van der Waals surface area contributed by atoms with E-state index in [1.54, 1.807) is 6.20 Å². The predicted octanol–water partition coefficient (Wildman–Crippen LogP) is 1.98. The zero-order valence-corrected chi connectivity index (χ0v) is 12.4. The minimum atomic E-state index is 0.560. The van der Waals surface area contributed by atoms with Crippen molar-refractivity contribution < 1.29 is 4.74 Å².